The average Bonchev–Trinajstić information content (AvgIpc) is 2.39. The van der Waals surface area contributed by atoms with E-state index < -0.39 is 11.5 Å². The molecule has 0 aromatic heterocycles. The topological polar surface area (TPSA) is 66.4 Å². The van der Waals surface area contributed by atoms with Gasteiger partial charge in [-0.1, -0.05) is 18.2 Å². The zero-order valence-electron chi connectivity index (χ0n) is 8.28. The van der Waals surface area contributed by atoms with Gasteiger partial charge in [-0.3, -0.25) is 9.59 Å². The first-order valence-electron chi connectivity index (χ1n) is 4.67. The molecule has 1 aromatic rings. The van der Waals surface area contributed by atoms with Crippen LogP contribution in [0.4, 0.5) is 5.69 Å². The summed E-state index contributed by atoms with van der Waals surface area (Å²) in [5, 5.41) is 12.7. The summed E-state index contributed by atoms with van der Waals surface area (Å²) in [4.78, 5) is 22.6. The molecule has 0 saturated heterocycles. The first-order valence-corrected chi connectivity index (χ1v) is 4.67. The Morgan fingerprint density at radius 3 is 2.80 bits per heavy atom. The van der Waals surface area contributed by atoms with Gasteiger partial charge in [0.2, 0.25) is 0 Å². The average molecular weight is 205 g/mol. The number of Topliss-reactive ketones (excluding diaryl/α,β-unsaturated/α-hetero) is 1. The van der Waals surface area contributed by atoms with Crippen LogP contribution in [0.25, 0.3) is 0 Å². The molecule has 0 bridgehead atoms. The van der Waals surface area contributed by atoms with Gasteiger partial charge in [-0.25, -0.2) is 0 Å². The lowest BCUT2D eigenvalue weighted by atomic mass is 9.90. The summed E-state index contributed by atoms with van der Waals surface area (Å²) in [7, 11) is 0. The molecular formula is C11H11NO3. The van der Waals surface area contributed by atoms with Crippen LogP contribution < -0.4 is 5.32 Å². The zero-order valence-corrected chi connectivity index (χ0v) is 8.28. The van der Waals surface area contributed by atoms with Crippen molar-refractivity contribution in [3.8, 4) is 0 Å². The number of aliphatic hydroxyl groups is 1. The number of amides is 1. The van der Waals surface area contributed by atoms with Crippen molar-refractivity contribution < 1.29 is 14.7 Å². The molecule has 0 aliphatic carbocycles. The fourth-order valence-corrected chi connectivity index (χ4v) is 1.84. The lowest BCUT2D eigenvalue weighted by molar-refractivity contribution is -0.139. The second kappa shape index (κ2) is 3.17. The van der Waals surface area contributed by atoms with Crippen LogP contribution in [0, 0.1) is 0 Å². The number of hydrogen-bond donors (Lipinski definition) is 2. The van der Waals surface area contributed by atoms with Crippen LogP contribution in [0.15, 0.2) is 24.3 Å². The van der Waals surface area contributed by atoms with Gasteiger partial charge in [-0.05, 0) is 13.0 Å². The van der Waals surface area contributed by atoms with E-state index in [1.54, 1.807) is 24.3 Å². The van der Waals surface area contributed by atoms with E-state index in [2.05, 4.69) is 5.32 Å². The summed E-state index contributed by atoms with van der Waals surface area (Å²) in [5.41, 5.74) is -0.640. The smallest absolute Gasteiger partial charge is 0.261 e. The van der Waals surface area contributed by atoms with Crippen LogP contribution in [0.1, 0.15) is 18.9 Å². The van der Waals surface area contributed by atoms with Crippen molar-refractivity contribution in [3.63, 3.8) is 0 Å². The monoisotopic (exact) mass is 205 g/mol. The minimum Gasteiger partial charge on any atom is -0.375 e. The molecule has 0 fully saturated rings. The molecule has 0 saturated carbocycles. The van der Waals surface area contributed by atoms with Crippen LogP contribution in [-0.2, 0) is 15.2 Å². The van der Waals surface area contributed by atoms with Crippen LogP contribution in [0.5, 0.6) is 0 Å². The lowest BCUT2D eigenvalue weighted by Gasteiger charge is -2.18. The molecule has 0 unspecified atom stereocenters. The van der Waals surface area contributed by atoms with E-state index in [9.17, 15) is 14.7 Å². The van der Waals surface area contributed by atoms with E-state index in [1.165, 1.54) is 6.92 Å². The predicted molar refractivity (Wildman–Crippen MR) is 54.3 cm³/mol. The SMILES string of the molecule is CC(=O)C[C@@]1(O)C(=O)Nc2ccccc21. The fraction of sp³-hybridized carbons (Fsp3) is 0.273. The molecule has 2 N–H and O–H groups in total. The molecule has 1 atom stereocenters. The van der Waals surface area contributed by atoms with Gasteiger partial charge >= 0.3 is 0 Å². The Hall–Kier alpha value is -1.68. The molecule has 1 aromatic carbocycles. The van der Waals surface area contributed by atoms with Gasteiger partial charge in [-0.15, -0.1) is 0 Å². The number of hydrogen-bond acceptors (Lipinski definition) is 3. The third kappa shape index (κ3) is 1.43. The van der Waals surface area contributed by atoms with Gasteiger partial charge in [0, 0.05) is 17.7 Å². The molecule has 0 radical (unpaired) electrons. The Bertz CT molecular complexity index is 441. The third-order valence-corrected chi connectivity index (χ3v) is 2.50. The summed E-state index contributed by atoms with van der Waals surface area (Å²) < 4.78 is 0. The number of anilines is 1. The maximum absolute atomic E-state index is 11.6. The minimum absolute atomic E-state index is 0.185. The Balaban J connectivity index is 2.49. The van der Waals surface area contributed by atoms with E-state index >= 15 is 0 Å². The summed E-state index contributed by atoms with van der Waals surface area (Å²) in [6.45, 7) is 1.35. The number of nitrogens with one attached hydrogen (secondary N) is 1. The Morgan fingerprint density at radius 2 is 2.13 bits per heavy atom. The van der Waals surface area contributed by atoms with Crippen molar-refractivity contribution in [2.75, 3.05) is 5.32 Å². The highest BCUT2D eigenvalue weighted by Gasteiger charge is 2.45. The highest BCUT2D eigenvalue weighted by Crippen LogP contribution is 2.37. The van der Waals surface area contributed by atoms with E-state index in [0.29, 0.717) is 11.3 Å². The molecule has 1 aliphatic heterocycles. The van der Waals surface area contributed by atoms with Gasteiger partial charge < -0.3 is 10.4 Å². The maximum Gasteiger partial charge on any atom is 0.261 e. The number of ketones is 1. The molecule has 1 heterocycles. The van der Waals surface area contributed by atoms with Crippen LogP contribution in [0.3, 0.4) is 0 Å². The fourth-order valence-electron chi connectivity index (χ4n) is 1.84. The molecule has 1 aliphatic rings. The normalized spacial score (nSPS) is 23.5. The van der Waals surface area contributed by atoms with E-state index in [0.717, 1.165) is 0 Å². The standard InChI is InChI=1S/C11H11NO3/c1-7(13)6-11(15)8-4-2-3-5-9(8)12-10(11)14/h2-5,15H,6H2,1H3,(H,12,14)/t11-/m0/s1. The molecule has 0 spiro atoms. The lowest BCUT2D eigenvalue weighted by Crippen LogP contribution is -2.35. The van der Waals surface area contributed by atoms with E-state index in [-0.39, 0.29) is 12.2 Å². The largest absolute Gasteiger partial charge is 0.375 e. The van der Waals surface area contributed by atoms with Crippen LogP contribution >= 0.6 is 0 Å². The van der Waals surface area contributed by atoms with E-state index in [4.69, 9.17) is 0 Å². The van der Waals surface area contributed by atoms with Gasteiger partial charge in [0.15, 0.2) is 5.60 Å². The number of fused-ring (bicyclic) bond motifs is 1. The zero-order chi connectivity index (χ0) is 11.1. The Labute approximate surface area is 86.9 Å². The highest BCUT2D eigenvalue weighted by atomic mass is 16.3. The molecule has 78 valence electrons. The first kappa shape index (κ1) is 9.86. The second-order valence-corrected chi connectivity index (χ2v) is 3.74. The van der Waals surface area contributed by atoms with Gasteiger partial charge in [0.05, 0.1) is 0 Å². The van der Waals surface area contributed by atoms with Crippen molar-refractivity contribution in [2.24, 2.45) is 0 Å². The molecule has 4 heteroatoms. The van der Waals surface area contributed by atoms with Crippen molar-refractivity contribution in [1.29, 1.82) is 0 Å². The van der Waals surface area contributed by atoms with E-state index in [1.807, 2.05) is 0 Å². The second-order valence-electron chi connectivity index (χ2n) is 3.74. The van der Waals surface area contributed by atoms with Gasteiger partial charge in [-0.2, -0.15) is 0 Å². The maximum atomic E-state index is 11.6. The summed E-state index contributed by atoms with van der Waals surface area (Å²) in [5.74, 6) is -0.747. The number of carbonyl (C=O) groups excluding carboxylic acids is 2. The highest BCUT2D eigenvalue weighted by molar-refractivity contribution is 6.06. The number of carbonyl (C=O) groups is 2. The Kier molecular flexibility index (Phi) is 2.08. The van der Waals surface area contributed by atoms with Crippen molar-refractivity contribution in [1.82, 2.24) is 0 Å². The summed E-state index contributed by atoms with van der Waals surface area (Å²) >= 11 is 0. The molecule has 1 amide bonds. The first-order chi connectivity index (χ1) is 7.04. The van der Waals surface area contributed by atoms with Crippen molar-refractivity contribution >= 4 is 17.4 Å². The minimum atomic E-state index is -1.69. The van der Waals surface area contributed by atoms with Gasteiger partial charge in [0.1, 0.15) is 5.78 Å². The summed E-state index contributed by atoms with van der Waals surface area (Å²) in [6.07, 6.45) is -0.185. The number of rotatable bonds is 2. The quantitative estimate of drug-likeness (QED) is 0.750. The molecule has 15 heavy (non-hydrogen) atoms. The van der Waals surface area contributed by atoms with Crippen molar-refractivity contribution in [3.05, 3.63) is 29.8 Å². The number of para-hydroxylation sites is 1. The molecule has 2 rings (SSSR count). The molecular weight excluding hydrogens is 194 g/mol. The van der Waals surface area contributed by atoms with Crippen LogP contribution in [0.2, 0.25) is 0 Å². The molecule has 4 nitrogen and oxygen atoms in total. The van der Waals surface area contributed by atoms with Crippen molar-refractivity contribution in [2.45, 2.75) is 18.9 Å². The van der Waals surface area contributed by atoms with Gasteiger partial charge in [0.25, 0.3) is 5.91 Å². The Morgan fingerprint density at radius 1 is 1.47 bits per heavy atom. The third-order valence-electron chi connectivity index (χ3n) is 2.50. The predicted octanol–water partition coefficient (Wildman–Crippen LogP) is 0.805. The summed E-state index contributed by atoms with van der Waals surface area (Å²) in [6, 6.07) is 6.84. The number of benzene rings is 1. The van der Waals surface area contributed by atoms with Crippen LogP contribution in [-0.4, -0.2) is 16.8 Å².